The molecule has 0 aromatic heterocycles. The van der Waals surface area contributed by atoms with Crippen molar-refractivity contribution in [3.8, 4) is 0 Å². The molecule has 0 unspecified atom stereocenters. The summed E-state index contributed by atoms with van der Waals surface area (Å²) in [5.41, 5.74) is 10.2. The Labute approximate surface area is 171 Å². The Morgan fingerprint density at radius 2 is 1.59 bits per heavy atom. The Kier molecular flexibility index (Phi) is 5.87. The molecule has 3 aromatic rings. The number of carbonyl (C=O) groups is 2. The van der Waals surface area contributed by atoms with Gasteiger partial charge in [-0.1, -0.05) is 24.3 Å². The molecule has 0 heterocycles. The Morgan fingerprint density at radius 3 is 2.24 bits per heavy atom. The van der Waals surface area contributed by atoms with E-state index in [1.54, 1.807) is 12.1 Å². The standard InChI is InChI=1S/C24H27N3O2/c1-5-27(6-2)24(29)19-13-14-21(18-11-7-9-15(3)22(18)19)26-20-12-8-10-17(16(20)4)23(25)28/h7-14,26H,5-6H2,1-4H3,(H2,25,28). The second-order valence-corrected chi connectivity index (χ2v) is 7.10. The van der Waals surface area contributed by atoms with Crippen LogP contribution in [0.5, 0.6) is 0 Å². The van der Waals surface area contributed by atoms with Gasteiger partial charge in [0.25, 0.3) is 5.91 Å². The quantitative estimate of drug-likeness (QED) is 0.637. The van der Waals surface area contributed by atoms with Crippen LogP contribution in [0.1, 0.15) is 45.7 Å². The van der Waals surface area contributed by atoms with Crippen LogP contribution in [-0.2, 0) is 0 Å². The molecule has 3 N–H and O–H groups in total. The molecule has 150 valence electrons. The number of amides is 2. The Bertz CT molecular complexity index is 1080. The Morgan fingerprint density at radius 1 is 0.897 bits per heavy atom. The maximum absolute atomic E-state index is 13.1. The zero-order chi connectivity index (χ0) is 21.1. The van der Waals surface area contributed by atoms with Crippen LogP contribution in [0.3, 0.4) is 0 Å². The van der Waals surface area contributed by atoms with Crippen molar-refractivity contribution in [1.82, 2.24) is 4.90 Å². The summed E-state index contributed by atoms with van der Waals surface area (Å²) in [6.07, 6.45) is 0. The zero-order valence-electron chi connectivity index (χ0n) is 17.4. The van der Waals surface area contributed by atoms with Gasteiger partial charge in [-0.05, 0) is 68.5 Å². The van der Waals surface area contributed by atoms with Gasteiger partial charge in [-0.15, -0.1) is 0 Å². The van der Waals surface area contributed by atoms with Crippen molar-refractivity contribution >= 4 is 34.0 Å². The van der Waals surface area contributed by atoms with E-state index in [-0.39, 0.29) is 5.91 Å². The van der Waals surface area contributed by atoms with Crippen LogP contribution < -0.4 is 11.1 Å². The molecule has 0 saturated carbocycles. The molecule has 3 rings (SSSR count). The number of nitrogens with one attached hydrogen (secondary N) is 1. The summed E-state index contributed by atoms with van der Waals surface area (Å²) >= 11 is 0. The highest BCUT2D eigenvalue weighted by Crippen LogP contribution is 2.33. The minimum atomic E-state index is -0.452. The lowest BCUT2D eigenvalue weighted by Crippen LogP contribution is -2.30. The summed E-state index contributed by atoms with van der Waals surface area (Å²) in [6.45, 7) is 9.20. The van der Waals surface area contributed by atoms with Gasteiger partial charge in [0.1, 0.15) is 0 Å². The van der Waals surface area contributed by atoms with E-state index in [9.17, 15) is 9.59 Å². The number of rotatable bonds is 6. The minimum absolute atomic E-state index is 0.0350. The lowest BCUT2D eigenvalue weighted by atomic mass is 9.97. The predicted octanol–water partition coefficient (Wildman–Crippen LogP) is 4.78. The molecule has 0 aliphatic heterocycles. The number of carbonyl (C=O) groups excluding carboxylic acids is 2. The highest BCUT2D eigenvalue weighted by atomic mass is 16.2. The fraction of sp³-hybridized carbons (Fsp3) is 0.250. The highest BCUT2D eigenvalue weighted by Gasteiger charge is 2.18. The monoisotopic (exact) mass is 389 g/mol. The summed E-state index contributed by atoms with van der Waals surface area (Å²) in [6, 6.07) is 15.3. The molecule has 0 saturated heterocycles. The fourth-order valence-electron chi connectivity index (χ4n) is 3.74. The molecule has 0 bridgehead atoms. The predicted molar refractivity (Wildman–Crippen MR) is 119 cm³/mol. The lowest BCUT2D eigenvalue weighted by Gasteiger charge is -2.21. The fourth-order valence-corrected chi connectivity index (χ4v) is 3.74. The average molecular weight is 389 g/mol. The van der Waals surface area contributed by atoms with Crippen molar-refractivity contribution in [3.05, 3.63) is 70.8 Å². The van der Waals surface area contributed by atoms with E-state index >= 15 is 0 Å². The number of anilines is 2. The molecule has 5 nitrogen and oxygen atoms in total. The van der Waals surface area contributed by atoms with Crippen molar-refractivity contribution < 1.29 is 9.59 Å². The number of hydrogen-bond acceptors (Lipinski definition) is 3. The number of aryl methyl sites for hydroxylation is 1. The normalized spacial score (nSPS) is 10.8. The largest absolute Gasteiger partial charge is 0.366 e. The maximum Gasteiger partial charge on any atom is 0.254 e. The first kappa shape index (κ1) is 20.4. The molecular formula is C24H27N3O2. The van der Waals surface area contributed by atoms with Crippen molar-refractivity contribution in [2.24, 2.45) is 5.73 Å². The van der Waals surface area contributed by atoms with Crippen LogP contribution in [0.15, 0.2) is 48.5 Å². The third kappa shape index (κ3) is 3.81. The summed E-state index contributed by atoms with van der Waals surface area (Å²) < 4.78 is 0. The van der Waals surface area contributed by atoms with E-state index in [4.69, 9.17) is 5.73 Å². The number of nitrogens with two attached hydrogens (primary N) is 1. The van der Waals surface area contributed by atoms with E-state index in [0.717, 1.165) is 33.3 Å². The topological polar surface area (TPSA) is 75.4 Å². The second kappa shape index (κ2) is 8.35. The molecule has 0 spiro atoms. The van der Waals surface area contributed by atoms with Crippen LogP contribution in [-0.4, -0.2) is 29.8 Å². The van der Waals surface area contributed by atoms with Gasteiger partial charge >= 0.3 is 0 Å². The van der Waals surface area contributed by atoms with E-state index < -0.39 is 5.91 Å². The maximum atomic E-state index is 13.1. The zero-order valence-corrected chi connectivity index (χ0v) is 17.4. The molecule has 5 heteroatoms. The molecule has 29 heavy (non-hydrogen) atoms. The van der Waals surface area contributed by atoms with Crippen molar-refractivity contribution in [2.75, 3.05) is 18.4 Å². The molecule has 2 amide bonds. The minimum Gasteiger partial charge on any atom is -0.366 e. The van der Waals surface area contributed by atoms with Gasteiger partial charge in [-0.2, -0.15) is 0 Å². The van der Waals surface area contributed by atoms with Crippen LogP contribution in [0, 0.1) is 13.8 Å². The van der Waals surface area contributed by atoms with Gasteiger partial charge < -0.3 is 16.0 Å². The first-order valence-electron chi connectivity index (χ1n) is 9.87. The van der Waals surface area contributed by atoms with E-state index in [1.165, 1.54) is 0 Å². The van der Waals surface area contributed by atoms with Gasteiger partial charge in [0, 0.05) is 41.0 Å². The first-order chi connectivity index (χ1) is 13.9. The number of hydrogen-bond donors (Lipinski definition) is 2. The Hall–Kier alpha value is -3.34. The van der Waals surface area contributed by atoms with E-state index in [1.807, 2.05) is 69.0 Å². The van der Waals surface area contributed by atoms with Crippen molar-refractivity contribution in [1.29, 1.82) is 0 Å². The molecule has 0 atom stereocenters. The summed E-state index contributed by atoms with van der Waals surface area (Å²) in [7, 11) is 0. The van der Waals surface area contributed by atoms with Gasteiger partial charge in [0.2, 0.25) is 5.91 Å². The molecule has 0 fully saturated rings. The number of nitrogens with zero attached hydrogens (tertiary/aromatic N) is 1. The summed E-state index contributed by atoms with van der Waals surface area (Å²) in [5, 5.41) is 5.34. The van der Waals surface area contributed by atoms with Crippen LogP contribution >= 0.6 is 0 Å². The SMILES string of the molecule is CCN(CC)C(=O)c1ccc(Nc2cccc(C(N)=O)c2C)c2cccc(C)c12. The second-order valence-electron chi connectivity index (χ2n) is 7.10. The first-order valence-corrected chi connectivity index (χ1v) is 9.87. The number of fused-ring (bicyclic) bond motifs is 1. The van der Waals surface area contributed by atoms with E-state index in [2.05, 4.69) is 5.32 Å². The lowest BCUT2D eigenvalue weighted by molar-refractivity contribution is 0.0774. The van der Waals surface area contributed by atoms with Gasteiger partial charge in [-0.3, -0.25) is 9.59 Å². The molecule has 0 aliphatic rings. The van der Waals surface area contributed by atoms with Crippen molar-refractivity contribution in [3.63, 3.8) is 0 Å². The molecule has 0 aliphatic carbocycles. The third-order valence-corrected chi connectivity index (χ3v) is 5.40. The molecule has 3 aromatic carbocycles. The van der Waals surface area contributed by atoms with E-state index in [0.29, 0.717) is 24.2 Å². The smallest absolute Gasteiger partial charge is 0.254 e. The molecule has 0 radical (unpaired) electrons. The summed E-state index contributed by atoms with van der Waals surface area (Å²) in [5.74, 6) is -0.417. The van der Waals surface area contributed by atoms with Crippen molar-refractivity contribution in [2.45, 2.75) is 27.7 Å². The number of benzene rings is 3. The Balaban J connectivity index is 2.14. The van der Waals surface area contributed by atoms with Gasteiger partial charge in [-0.25, -0.2) is 0 Å². The van der Waals surface area contributed by atoms with Crippen LogP contribution in [0.2, 0.25) is 0 Å². The number of primary amides is 1. The summed E-state index contributed by atoms with van der Waals surface area (Å²) in [4.78, 5) is 26.6. The van der Waals surface area contributed by atoms with Crippen LogP contribution in [0.4, 0.5) is 11.4 Å². The molecular weight excluding hydrogens is 362 g/mol. The van der Waals surface area contributed by atoms with Gasteiger partial charge in [0.05, 0.1) is 0 Å². The third-order valence-electron chi connectivity index (χ3n) is 5.40. The van der Waals surface area contributed by atoms with Gasteiger partial charge in [0.15, 0.2) is 0 Å². The average Bonchev–Trinajstić information content (AvgIpc) is 2.70. The highest BCUT2D eigenvalue weighted by molar-refractivity contribution is 6.12. The van der Waals surface area contributed by atoms with Crippen LogP contribution in [0.25, 0.3) is 10.8 Å².